The Morgan fingerprint density at radius 2 is 2.16 bits per heavy atom. The van der Waals surface area contributed by atoms with Crippen molar-refractivity contribution in [3.8, 4) is 0 Å². The Bertz CT molecular complexity index is 610. The lowest BCUT2D eigenvalue weighted by atomic mass is 10.1. The van der Waals surface area contributed by atoms with Crippen molar-refractivity contribution in [1.29, 1.82) is 0 Å². The van der Waals surface area contributed by atoms with Gasteiger partial charge in [-0.2, -0.15) is 0 Å². The van der Waals surface area contributed by atoms with E-state index in [0.717, 1.165) is 17.4 Å². The molecule has 2 heterocycles. The van der Waals surface area contributed by atoms with Gasteiger partial charge in [-0.25, -0.2) is 0 Å². The van der Waals surface area contributed by atoms with Gasteiger partial charge in [0.15, 0.2) is 0 Å². The average molecular weight is 255 g/mol. The number of aromatic nitrogens is 1. The van der Waals surface area contributed by atoms with Crippen molar-refractivity contribution in [2.24, 2.45) is 11.7 Å². The number of amides is 1. The molecule has 2 atom stereocenters. The van der Waals surface area contributed by atoms with Gasteiger partial charge in [-0.05, 0) is 24.1 Å². The maximum Gasteiger partial charge on any atom is 0.254 e. The largest absolute Gasteiger partial charge is 0.337 e. The average Bonchev–Trinajstić information content (AvgIpc) is 2.77. The van der Waals surface area contributed by atoms with E-state index in [1.807, 2.05) is 35.2 Å². The van der Waals surface area contributed by atoms with Crippen LogP contribution in [0.1, 0.15) is 17.3 Å². The minimum atomic E-state index is 0.0541. The van der Waals surface area contributed by atoms with Gasteiger partial charge in [-0.15, -0.1) is 0 Å². The Balaban J connectivity index is 1.98. The number of rotatable bonds is 1. The summed E-state index contributed by atoms with van der Waals surface area (Å²) in [5.74, 6) is 0.412. The molecule has 98 valence electrons. The van der Waals surface area contributed by atoms with Gasteiger partial charge >= 0.3 is 0 Å². The fourth-order valence-electron chi connectivity index (χ4n) is 2.62. The van der Waals surface area contributed by atoms with Crippen molar-refractivity contribution in [2.45, 2.75) is 13.0 Å². The number of likely N-dealkylation sites (tertiary alicyclic amines) is 1. The van der Waals surface area contributed by atoms with E-state index in [0.29, 0.717) is 18.0 Å². The lowest BCUT2D eigenvalue weighted by Crippen LogP contribution is -2.32. The van der Waals surface area contributed by atoms with Gasteiger partial charge in [-0.1, -0.05) is 19.1 Å². The first-order chi connectivity index (χ1) is 9.16. The normalized spacial score (nSPS) is 22.9. The van der Waals surface area contributed by atoms with Gasteiger partial charge in [-0.3, -0.25) is 9.78 Å². The summed E-state index contributed by atoms with van der Waals surface area (Å²) in [4.78, 5) is 18.7. The fraction of sp³-hybridized carbons (Fsp3) is 0.333. The first-order valence-electron chi connectivity index (χ1n) is 6.55. The molecule has 2 aromatic rings. The molecule has 19 heavy (non-hydrogen) atoms. The first-order valence-corrected chi connectivity index (χ1v) is 6.55. The number of nitrogens with two attached hydrogens (primary N) is 1. The smallest absolute Gasteiger partial charge is 0.254 e. The molecule has 1 aliphatic rings. The lowest BCUT2D eigenvalue weighted by Gasteiger charge is -2.17. The van der Waals surface area contributed by atoms with Gasteiger partial charge in [0.05, 0.1) is 5.52 Å². The number of carbonyl (C=O) groups excluding carboxylic acids is 1. The minimum Gasteiger partial charge on any atom is -0.337 e. The lowest BCUT2D eigenvalue weighted by molar-refractivity contribution is 0.0789. The number of fused-ring (bicyclic) bond motifs is 1. The monoisotopic (exact) mass is 255 g/mol. The third-order valence-electron chi connectivity index (χ3n) is 3.83. The summed E-state index contributed by atoms with van der Waals surface area (Å²) in [6, 6.07) is 9.54. The van der Waals surface area contributed by atoms with Crippen LogP contribution in [0.3, 0.4) is 0 Å². The molecule has 4 nitrogen and oxygen atoms in total. The zero-order chi connectivity index (χ0) is 13.4. The number of hydrogen-bond acceptors (Lipinski definition) is 3. The summed E-state index contributed by atoms with van der Waals surface area (Å²) in [5.41, 5.74) is 7.56. The molecular weight excluding hydrogens is 238 g/mol. The Morgan fingerprint density at radius 1 is 1.32 bits per heavy atom. The molecule has 2 N–H and O–H groups in total. The Morgan fingerprint density at radius 3 is 2.89 bits per heavy atom. The number of nitrogens with zero attached hydrogens (tertiary/aromatic N) is 2. The molecule has 1 aromatic heterocycles. The summed E-state index contributed by atoms with van der Waals surface area (Å²) in [7, 11) is 0. The van der Waals surface area contributed by atoms with Gasteiger partial charge in [0.2, 0.25) is 0 Å². The van der Waals surface area contributed by atoms with Gasteiger partial charge < -0.3 is 10.6 Å². The van der Waals surface area contributed by atoms with E-state index in [4.69, 9.17) is 5.73 Å². The molecule has 1 aliphatic heterocycles. The van der Waals surface area contributed by atoms with Crippen LogP contribution in [-0.2, 0) is 0 Å². The second kappa shape index (κ2) is 4.63. The van der Waals surface area contributed by atoms with Gasteiger partial charge in [0.1, 0.15) is 0 Å². The Labute approximate surface area is 112 Å². The van der Waals surface area contributed by atoms with E-state index in [9.17, 15) is 4.79 Å². The summed E-state index contributed by atoms with van der Waals surface area (Å²) >= 11 is 0. The van der Waals surface area contributed by atoms with Crippen LogP contribution >= 0.6 is 0 Å². The van der Waals surface area contributed by atoms with Crippen molar-refractivity contribution in [2.75, 3.05) is 13.1 Å². The van der Waals surface area contributed by atoms with Crippen molar-refractivity contribution < 1.29 is 4.79 Å². The zero-order valence-electron chi connectivity index (χ0n) is 10.9. The predicted molar refractivity (Wildman–Crippen MR) is 74.8 cm³/mol. The minimum absolute atomic E-state index is 0.0541. The Hall–Kier alpha value is -1.94. The van der Waals surface area contributed by atoms with E-state index in [1.54, 1.807) is 6.20 Å². The quantitative estimate of drug-likeness (QED) is 0.843. The van der Waals surface area contributed by atoms with Crippen LogP contribution in [0.4, 0.5) is 0 Å². The third-order valence-corrected chi connectivity index (χ3v) is 3.83. The number of hydrogen-bond donors (Lipinski definition) is 1. The topological polar surface area (TPSA) is 59.2 Å². The summed E-state index contributed by atoms with van der Waals surface area (Å²) in [6.07, 6.45) is 1.74. The molecule has 2 unspecified atom stereocenters. The fourth-order valence-corrected chi connectivity index (χ4v) is 2.62. The molecule has 4 heteroatoms. The van der Waals surface area contributed by atoms with E-state index in [1.165, 1.54) is 0 Å². The standard InChI is InChI=1S/C15H17N3O/c1-10-8-18(9-13(10)16)15(19)12-4-2-6-14-11(12)5-3-7-17-14/h2-7,10,13H,8-9,16H2,1H3. The molecule has 0 bridgehead atoms. The molecule has 0 radical (unpaired) electrons. The van der Waals surface area contributed by atoms with Crippen LogP contribution in [-0.4, -0.2) is 34.9 Å². The Kier molecular flexibility index (Phi) is 2.95. The number of benzene rings is 1. The number of carbonyl (C=O) groups is 1. The highest BCUT2D eigenvalue weighted by molar-refractivity contribution is 6.06. The molecular formula is C15H17N3O. The maximum atomic E-state index is 12.6. The van der Waals surface area contributed by atoms with E-state index in [-0.39, 0.29) is 11.9 Å². The summed E-state index contributed by atoms with van der Waals surface area (Å²) in [5, 5.41) is 0.906. The highest BCUT2D eigenvalue weighted by atomic mass is 16.2. The van der Waals surface area contributed by atoms with Crippen LogP contribution in [0.2, 0.25) is 0 Å². The van der Waals surface area contributed by atoms with Gasteiger partial charge in [0, 0.05) is 36.3 Å². The molecule has 1 amide bonds. The van der Waals surface area contributed by atoms with E-state index >= 15 is 0 Å². The van der Waals surface area contributed by atoms with Crippen molar-refractivity contribution in [3.05, 3.63) is 42.1 Å². The molecule has 1 aromatic carbocycles. The molecule has 0 spiro atoms. The molecule has 1 saturated heterocycles. The third kappa shape index (κ3) is 2.08. The molecule has 0 saturated carbocycles. The molecule has 1 fully saturated rings. The van der Waals surface area contributed by atoms with Crippen molar-refractivity contribution in [1.82, 2.24) is 9.88 Å². The van der Waals surface area contributed by atoms with Crippen LogP contribution in [0.5, 0.6) is 0 Å². The summed E-state index contributed by atoms with van der Waals surface area (Å²) in [6.45, 7) is 3.45. The zero-order valence-corrected chi connectivity index (χ0v) is 10.9. The van der Waals surface area contributed by atoms with Crippen molar-refractivity contribution >= 4 is 16.8 Å². The highest BCUT2D eigenvalue weighted by Gasteiger charge is 2.30. The maximum absolute atomic E-state index is 12.6. The van der Waals surface area contributed by atoms with Gasteiger partial charge in [0.25, 0.3) is 5.91 Å². The van der Waals surface area contributed by atoms with Crippen molar-refractivity contribution in [3.63, 3.8) is 0 Å². The molecule has 0 aliphatic carbocycles. The summed E-state index contributed by atoms with van der Waals surface area (Å²) < 4.78 is 0. The van der Waals surface area contributed by atoms with Crippen LogP contribution in [0.15, 0.2) is 36.5 Å². The SMILES string of the molecule is CC1CN(C(=O)c2cccc3ncccc23)CC1N. The highest BCUT2D eigenvalue weighted by Crippen LogP contribution is 2.22. The van der Waals surface area contributed by atoms with Crippen LogP contribution < -0.4 is 5.73 Å². The van der Waals surface area contributed by atoms with E-state index in [2.05, 4.69) is 11.9 Å². The first kappa shape index (κ1) is 12.1. The second-order valence-electron chi connectivity index (χ2n) is 5.23. The second-order valence-corrected chi connectivity index (χ2v) is 5.23. The van der Waals surface area contributed by atoms with Crippen LogP contribution in [0.25, 0.3) is 10.9 Å². The van der Waals surface area contributed by atoms with E-state index < -0.39 is 0 Å². The molecule has 3 rings (SSSR count). The number of pyridine rings is 1. The predicted octanol–water partition coefficient (Wildman–Crippen LogP) is 1.65. The van der Waals surface area contributed by atoms with Crippen LogP contribution in [0, 0.1) is 5.92 Å².